The van der Waals surface area contributed by atoms with Gasteiger partial charge in [0.1, 0.15) is 6.04 Å². The lowest BCUT2D eigenvalue weighted by atomic mass is 10.0. The maximum atomic E-state index is 12.6. The topological polar surface area (TPSA) is 208 Å². The van der Waals surface area contributed by atoms with Crippen LogP contribution in [0.2, 0.25) is 0 Å². The van der Waals surface area contributed by atoms with E-state index in [1.165, 1.54) is 63.1 Å². The summed E-state index contributed by atoms with van der Waals surface area (Å²) in [6, 6.07) is 3.16. The highest BCUT2D eigenvalue weighted by molar-refractivity contribution is 6.00. The molecule has 12 heteroatoms. The zero-order valence-electron chi connectivity index (χ0n) is 25.9. The van der Waals surface area contributed by atoms with Crippen LogP contribution < -0.4 is 21.9 Å². The third-order valence-electron chi connectivity index (χ3n) is 7.47. The quantitative estimate of drug-likeness (QED) is 0.0375. The van der Waals surface area contributed by atoms with Gasteiger partial charge >= 0.3 is 17.9 Å². The van der Waals surface area contributed by atoms with Crippen LogP contribution in [0.1, 0.15) is 143 Å². The van der Waals surface area contributed by atoms with Crippen LogP contribution in [0.25, 0.3) is 0 Å². The number of amides is 2. The largest absolute Gasteiger partial charge is 0.481 e. The fourth-order valence-corrected chi connectivity index (χ4v) is 4.92. The van der Waals surface area contributed by atoms with Crippen molar-refractivity contribution in [3.8, 4) is 0 Å². The van der Waals surface area contributed by atoms with Gasteiger partial charge in [0.15, 0.2) is 0 Å². The molecule has 12 nitrogen and oxygen atoms in total. The van der Waals surface area contributed by atoms with Crippen molar-refractivity contribution in [2.75, 3.05) is 11.9 Å². The third kappa shape index (κ3) is 18.9. The van der Waals surface area contributed by atoms with Crippen LogP contribution in [-0.2, 0) is 14.4 Å². The minimum absolute atomic E-state index is 0.111. The molecule has 1 rings (SSSR count). The van der Waals surface area contributed by atoms with Gasteiger partial charge in [0, 0.05) is 30.6 Å². The number of carboxylic acids is 3. The Morgan fingerprint density at radius 3 is 1.61 bits per heavy atom. The van der Waals surface area contributed by atoms with Gasteiger partial charge in [-0.25, -0.2) is 10.2 Å². The number of unbranched alkanes of at least 4 members (excludes halogenated alkanes) is 14. The number of carbonyl (C=O) groups excluding carboxylic acids is 2. The Bertz CT molecular complexity index is 1030. The fourth-order valence-electron chi connectivity index (χ4n) is 4.92. The maximum Gasteiger partial charge on any atom is 0.335 e. The Morgan fingerprint density at radius 2 is 1.14 bits per heavy atom. The molecular formula is C32H52N4O8. The Kier molecular flexibility index (Phi) is 20.9. The molecule has 8 N–H and O–H groups in total. The molecule has 0 aliphatic rings. The summed E-state index contributed by atoms with van der Waals surface area (Å²) in [6.07, 6.45) is 17.2. The number of nitrogens with one attached hydrogen (secondary N) is 3. The zero-order valence-corrected chi connectivity index (χ0v) is 25.9. The number of carbonyl (C=O) groups is 5. The van der Waals surface area contributed by atoms with E-state index in [1.807, 2.05) is 0 Å². The Hall–Kier alpha value is -3.51. The lowest BCUT2D eigenvalue weighted by Gasteiger charge is -2.12. The lowest BCUT2D eigenvalue weighted by molar-refractivity contribution is -0.140. The van der Waals surface area contributed by atoms with Crippen molar-refractivity contribution in [3.05, 3.63) is 29.3 Å². The molecule has 2 amide bonds. The van der Waals surface area contributed by atoms with E-state index in [0.717, 1.165) is 44.9 Å². The van der Waals surface area contributed by atoms with Gasteiger partial charge in [0.25, 0.3) is 5.91 Å². The summed E-state index contributed by atoms with van der Waals surface area (Å²) in [5.41, 5.74) is 2.47. The van der Waals surface area contributed by atoms with Gasteiger partial charge in [-0.2, -0.15) is 0 Å². The second kappa shape index (κ2) is 23.9. The van der Waals surface area contributed by atoms with Gasteiger partial charge in [0.2, 0.25) is 5.91 Å². The number of aromatic carboxylic acids is 1. The monoisotopic (exact) mass is 620 g/mol. The van der Waals surface area contributed by atoms with Gasteiger partial charge in [-0.15, -0.1) is 0 Å². The molecule has 248 valence electrons. The molecule has 0 aliphatic heterocycles. The van der Waals surface area contributed by atoms with Gasteiger partial charge in [0.05, 0.1) is 5.56 Å². The fraction of sp³-hybridized carbons (Fsp3) is 0.656. The number of nitrogens with two attached hydrogens (primary N) is 1. The summed E-state index contributed by atoms with van der Waals surface area (Å²) in [5, 5.41) is 32.5. The molecule has 1 aromatic rings. The molecule has 0 aromatic heterocycles. The summed E-state index contributed by atoms with van der Waals surface area (Å²) in [4.78, 5) is 58.1. The van der Waals surface area contributed by atoms with Crippen molar-refractivity contribution in [2.24, 2.45) is 5.84 Å². The second-order valence-corrected chi connectivity index (χ2v) is 11.3. The Balaban J connectivity index is 2.23. The van der Waals surface area contributed by atoms with Crippen LogP contribution >= 0.6 is 0 Å². The van der Waals surface area contributed by atoms with Gasteiger partial charge in [-0.3, -0.25) is 25.0 Å². The second-order valence-electron chi connectivity index (χ2n) is 11.3. The number of anilines is 1. The minimum atomic E-state index is -1.21. The van der Waals surface area contributed by atoms with Gasteiger partial charge < -0.3 is 26.0 Å². The third-order valence-corrected chi connectivity index (χ3v) is 7.47. The SMILES string of the molecule is NN[C@@H](CCCCNC(=O)c1cc(NC(=O)CCCCCCCCCCCCCCCCC(=O)O)cc(C(=O)O)c1)C(=O)O. The van der Waals surface area contributed by atoms with E-state index < -0.39 is 29.9 Å². The van der Waals surface area contributed by atoms with E-state index >= 15 is 0 Å². The van der Waals surface area contributed by atoms with Crippen LogP contribution in [0.15, 0.2) is 18.2 Å². The number of hydrogen-bond acceptors (Lipinski definition) is 7. The molecule has 0 saturated carbocycles. The molecule has 0 heterocycles. The predicted molar refractivity (Wildman–Crippen MR) is 168 cm³/mol. The van der Waals surface area contributed by atoms with Crippen LogP contribution in [0.3, 0.4) is 0 Å². The van der Waals surface area contributed by atoms with Crippen LogP contribution in [0.5, 0.6) is 0 Å². The van der Waals surface area contributed by atoms with Gasteiger partial charge in [-0.1, -0.05) is 77.0 Å². The number of aliphatic carboxylic acids is 2. The Labute approximate surface area is 260 Å². The summed E-state index contributed by atoms with van der Waals surface area (Å²) in [7, 11) is 0. The van der Waals surface area contributed by atoms with Crippen molar-refractivity contribution in [1.82, 2.24) is 10.7 Å². The van der Waals surface area contributed by atoms with E-state index in [2.05, 4.69) is 16.1 Å². The molecule has 44 heavy (non-hydrogen) atoms. The van der Waals surface area contributed by atoms with Crippen molar-refractivity contribution >= 4 is 35.4 Å². The Morgan fingerprint density at radius 1 is 0.636 bits per heavy atom. The van der Waals surface area contributed by atoms with E-state index in [-0.39, 0.29) is 35.7 Å². The highest BCUT2D eigenvalue weighted by Gasteiger charge is 2.16. The summed E-state index contributed by atoms with van der Waals surface area (Å²) in [6.45, 7) is 0.271. The standard InChI is InChI=1S/C32H52N4O8/c33-36-27(32(43)44)17-15-16-20-34-30(40)24-21-25(31(41)42)23-26(22-24)35-28(37)18-13-11-9-7-5-3-1-2-4-6-8-10-12-14-19-29(38)39/h21-23,27,36H,1-20,33H2,(H,34,40)(H,35,37)(H,38,39)(H,41,42)(H,43,44)/t27-/m0/s1. The molecule has 0 spiro atoms. The van der Waals surface area contributed by atoms with Crippen molar-refractivity contribution in [2.45, 2.75) is 128 Å². The first-order valence-corrected chi connectivity index (χ1v) is 16.0. The maximum absolute atomic E-state index is 12.6. The van der Waals surface area contributed by atoms with Crippen molar-refractivity contribution in [1.29, 1.82) is 0 Å². The number of carboxylic acid groups (broad SMARTS) is 3. The molecule has 0 radical (unpaired) electrons. The summed E-state index contributed by atoms with van der Waals surface area (Å²) >= 11 is 0. The zero-order chi connectivity index (χ0) is 32.6. The highest BCUT2D eigenvalue weighted by atomic mass is 16.4. The van der Waals surface area contributed by atoms with Gasteiger partial charge in [-0.05, 0) is 50.3 Å². The molecule has 0 fully saturated rings. The van der Waals surface area contributed by atoms with Crippen LogP contribution in [0.4, 0.5) is 5.69 Å². The first-order chi connectivity index (χ1) is 21.1. The molecule has 0 aliphatic carbocycles. The first kappa shape index (κ1) is 38.5. The van der Waals surface area contributed by atoms with E-state index in [1.54, 1.807) is 0 Å². The molecule has 0 unspecified atom stereocenters. The van der Waals surface area contributed by atoms with E-state index in [0.29, 0.717) is 25.7 Å². The average molecular weight is 621 g/mol. The smallest absolute Gasteiger partial charge is 0.335 e. The first-order valence-electron chi connectivity index (χ1n) is 16.0. The average Bonchev–Trinajstić information content (AvgIpc) is 2.98. The van der Waals surface area contributed by atoms with E-state index in [9.17, 15) is 29.1 Å². The van der Waals surface area contributed by atoms with Crippen molar-refractivity contribution in [3.63, 3.8) is 0 Å². The van der Waals surface area contributed by atoms with E-state index in [4.69, 9.17) is 16.1 Å². The molecule has 0 bridgehead atoms. The normalized spacial score (nSPS) is 11.6. The van der Waals surface area contributed by atoms with Crippen LogP contribution in [-0.4, -0.2) is 57.6 Å². The summed E-state index contributed by atoms with van der Waals surface area (Å²) in [5.74, 6) is 1.51. The minimum Gasteiger partial charge on any atom is -0.481 e. The lowest BCUT2D eigenvalue weighted by Crippen LogP contribution is -2.41. The number of hydrogen-bond donors (Lipinski definition) is 7. The predicted octanol–water partition coefficient (Wildman–Crippen LogP) is 5.47. The molecule has 1 atom stereocenters. The summed E-state index contributed by atoms with van der Waals surface area (Å²) < 4.78 is 0. The number of benzene rings is 1. The number of hydrazine groups is 1. The highest BCUT2D eigenvalue weighted by Crippen LogP contribution is 2.18. The number of rotatable bonds is 27. The van der Waals surface area contributed by atoms with Crippen LogP contribution in [0, 0.1) is 0 Å². The molecule has 0 saturated heterocycles. The van der Waals surface area contributed by atoms with Crippen molar-refractivity contribution < 1.29 is 39.3 Å². The molecule has 1 aromatic carbocycles. The molecular weight excluding hydrogens is 568 g/mol.